The molecule has 1 aromatic carbocycles. The number of thiol groups is 1. The van der Waals surface area contributed by atoms with Crippen molar-refractivity contribution in [3.8, 4) is 0 Å². The quantitative estimate of drug-likeness (QED) is 0.694. The van der Waals surface area contributed by atoms with Gasteiger partial charge in [-0.15, -0.1) is 0 Å². The third-order valence-corrected chi connectivity index (χ3v) is 3.12. The van der Waals surface area contributed by atoms with Gasteiger partial charge < -0.3 is 0 Å². The van der Waals surface area contributed by atoms with E-state index >= 15 is 0 Å². The summed E-state index contributed by atoms with van der Waals surface area (Å²) in [5.74, 6) is 0.802. The molecule has 12 heavy (non-hydrogen) atoms. The maximum atomic E-state index is 6.05. The standard InChI is InChI=1S/C10H13ClS/c1-10(2,7-12)8-5-3-4-6-9(8)11/h3-6,12H,7H2,1-2H3. The smallest absolute Gasteiger partial charge is 0.0443 e. The molecule has 0 bridgehead atoms. The summed E-state index contributed by atoms with van der Waals surface area (Å²) in [6, 6.07) is 7.92. The van der Waals surface area contributed by atoms with Gasteiger partial charge in [-0.2, -0.15) is 12.6 Å². The fourth-order valence-electron chi connectivity index (χ4n) is 1.10. The molecule has 0 amide bonds. The van der Waals surface area contributed by atoms with Crippen LogP contribution >= 0.6 is 24.2 Å². The van der Waals surface area contributed by atoms with Crippen LogP contribution in [-0.2, 0) is 5.41 Å². The molecule has 0 spiro atoms. The summed E-state index contributed by atoms with van der Waals surface area (Å²) in [5, 5.41) is 0.830. The van der Waals surface area contributed by atoms with Crippen molar-refractivity contribution in [3.05, 3.63) is 34.9 Å². The fraction of sp³-hybridized carbons (Fsp3) is 0.400. The van der Waals surface area contributed by atoms with E-state index in [9.17, 15) is 0 Å². The number of hydrogen-bond donors (Lipinski definition) is 1. The van der Waals surface area contributed by atoms with E-state index in [4.69, 9.17) is 11.6 Å². The molecule has 0 aromatic heterocycles. The summed E-state index contributed by atoms with van der Waals surface area (Å²) in [4.78, 5) is 0. The predicted molar refractivity (Wildman–Crippen MR) is 58.3 cm³/mol. The van der Waals surface area contributed by atoms with Gasteiger partial charge in [0.1, 0.15) is 0 Å². The van der Waals surface area contributed by atoms with Gasteiger partial charge in [-0.1, -0.05) is 43.6 Å². The number of benzene rings is 1. The van der Waals surface area contributed by atoms with Crippen LogP contribution in [0.5, 0.6) is 0 Å². The van der Waals surface area contributed by atoms with E-state index in [1.165, 1.54) is 5.56 Å². The summed E-state index contributed by atoms with van der Waals surface area (Å²) in [6.45, 7) is 4.28. The van der Waals surface area contributed by atoms with Crippen LogP contribution in [0.2, 0.25) is 5.02 Å². The SMILES string of the molecule is CC(C)(CS)c1ccccc1Cl. The van der Waals surface area contributed by atoms with Crippen molar-refractivity contribution in [2.75, 3.05) is 5.75 Å². The second-order valence-corrected chi connectivity index (χ2v) is 4.25. The molecule has 0 heterocycles. The zero-order chi connectivity index (χ0) is 9.19. The third-order valence-electron chi connectivity index (χ3n) is 2.00. The second kappa shape index (κ2) is 3.71. The molecular formula is C10H13ClS. The van der Waals surface area contributed by atoms with Crippen LogP contribution in [0.4, 0.5) is 0 Å². The van der Waals surface area contributed by atoms with Crippen LogP contribution in [0.1, 0.15) is 19.4 Å². The molecule has 0 aliphatic carbocycles. The minimum atomic E-state index is 0.0570. The maximum Gasteiger partial charge on any atom is 0.0443 e. The third kappa shape index (κ3) is 1.96. The molecule has 0 atom stereocenters. The van der Waals surface area contributed by atoms with Crippen molar-refractivity contribution in [1.82, 2.24) is 0 Å². The molecule has 0 aliphatic heterocycles. The molecule has 0 nitrogen and oxygen atoms in total. The molecule has 1 rings (SSSR count). The van der Waals surface area contributed by atoms with Gasteiger partial charge in [0.15, 0.2) is 0 Å². The van der Waals surface area contributed by atoms with E-state index in [-0.39, 0.29) is 5.41 Å². The second-order valence-electron chi connectivity index (χ2n) is 3.52. The Morgan fingerprint density at radius 3 is 2.42 bits per heavy atom. The highest BCUT2D eigenvalue weighted by atomic mass is 35.5. The van der Waals surface area contributed by atoms with Gasteiger partial charge in [-0.05, 0) is 22.8 Å². The topological polar surface area (TPSA) is 0 Å². The van der Waals surface area contributed by atoms with E-state index in [1.54, 1.807) is 0 Å². The molecule has 0 saturated heterocycles. The Balaban J connectivity index is 3.10. The summed E-state index contributed by atoms with van der Waals surface area (Å²) >= 11 is 10.4. The fourth-order valence-corrected chi connectivity index (χ4v) is 1.66. The maximum absolute atomic E-state index is 6.05. The van der Waals surface area contributed by atoms with Crippen molar-refractivity contribution in [3.63, 3.8) is 0 Å². The Morgan fingerprint density at radius 1 is 1.33 bits per heavy atom. The first-order valence-corrected chi connectivity index (χ1v) is 4.95. The molecule has 0 aliphatic rings. The van der Waals surface area contributed by atoms with E-state index in [2.05, 4.69) is 32.5 Å². The van der Waals surface area contributed by atoms with Crippen molar-refractivity contribution in [2.45, 2.75) is 19.3 Å². The van der Waals surface area contributed by atoms with Gasteiger partial charge in [0.05, 0.1) is 0 Å². The van der Waals surface area contributed by atoms with Crippen LogP contribution in [0.3, 0.4) is 0 Å². The first-order chi connectivity index (χ1) is 5.58. The summed E-state index contributed by atoms with van der Waals surface area (Å²) in [5.41, 5.74) is 1.23. The van der Waals surface area contributed by atoms with Crippen LogP contribution in [0.25, 0.3) is 0 Å². The average molecular weight is 201 g/mol. The zero-order valence-electron chi connectivity index (χ0n) is 7.34. The normalized spacial score (nSPS) is 11.7. The van der Waals surface area contributed by atoms with Gasteiger partial charge in [-0.3, -0.25) is 0 Å². The molecule has 0 N–H and O–H groups in total. The van der Waals surface area contributed by atoms with Gasteiger partial charge >= 0.3 is 0 Å². The van der Waals surface area contributed by atoms with Crippen LogP contribution in [-0.4, -0.2) is 5.75 Å². The van der Waals surface area contributed by atoms with E-state index < -0.39 is 0 Å². The highest BCUT2D eigenvalue weighted by Crippen LogP contribution is 2.30. The number of halogens is 1. The molecule has 0 unspecified atom stereocenters. The first-order valence-electron chi connectivity index (χ1n) is 3.94. The van der Waals surface area contributed by atoms with Crippen LogP contribution in [0.15, 0.2) is 24.3 Å². The minimum Gasteiger partial charge on any atom is -0.178 e. The Kier molecular flexibility index (Phi) is 3.08. The van der Waals surface area contributed by atoms with Gasteiger partial charge in [0.2, 0.25) is 0 Å². The molecule has 66 valence electrons. The highest BCUT2D eigenvalue weighted by molar-refractivity contribution is 7.80. The Labute approximate surface area is 84.3 Å². The Morgan fingerprint density at radius 2 is 1.92 bits per heavy atom. The summed E-state index contributed by atoms with van der Waals surface area (Å²) < 4.78 is 0. The first kappa shape index (κ1) is 9.94. The predicted octanol–water partition coefficient (Wildman–Crippen LogP) is 3.55. The lowest BCUT2D eigenvalue weighted by atomic mass is 9.87. The molecule has 2 heteroatoms. The molecule has 0 radical (unpaired) electrons. The van der Waals surface area contributed by atoms with Crippen LogP contribution < -0.4 is 0 Å². The Bertz CT molecular complexity index is 268. The van der Waals surface area contributed by atoms with Crippen LogP contribution in [0, 0.1) is 0 Å². The van der Waals surface area contributed by atoms with Gasteiger partial charge in [-0.25, -0.2) is 0 Å². The molecular weight excluding hydrogens is 188 g/mol. The van der Waals surface area contributed by atoms with Gasteiger partial charge in [0, 0.05) is 5.02 Å². The van der Waals surface area contributed by atoms with E-state index in [0.717, 1.165) is 10.8 Å². The van der Waals surface area contributed by atoms with Crippen molar-refractivity contribution >= 4 is 24.2 Å². The molecule has 0 saturated carbocycles. The monoisotopic (exact) mass is 200 g/mol. The lowest BCUT2D eigenvalue weighted by Crippen LogP contribution is -2.19. The van der Waals surface area contributed by atoms with E-state index in [0.29, 0.717) is 0 Å². The van der Waals surface area contributed by atoms with Crippen molar-refractivity contribution in [2.24, 2.45) is 0 Å². The highest BCUT2D eigenvalue weighted by Gasteiger charge is 2.20. The zero-order valence-corrected chi connectivity index (χ0v) is 8.99. The minimum absolute atomic E-state index is 0.0570. The summed E-state index contributed by atoms with van der Waals surface area (Å²) in [6.07, 6.45) is 0. The lowest BCUT2D eigenvalue weighted by Gasteiger charge is -2.23. The van der Waals surface area contributed by atoms with Crippen molar-refractivity contribution < 1.29 is 0 Å². The number of hydrogen-bond acceptors (Lipinski definition) is 1. The summed E-state index contributed by atoms with van der Waals surface area (Å²) in [7, 11) is 0. The van der Waals surface area contributed by atoms with E-state index in [1.807, 2.05) is 18.2 Å². The van der Waals surface area contributed by atoms with Crippen molar-refractivity contribution in [1.29, 1.82) is 0 Å². The molecule has 0 fully saturated rings. The average Bonchev–Trinajstić information content (AvgIpc) is 2.05. The number of rotatable bonds is 2. The Hall–Kier alpha value is -0.140. The molecule has 1 aromatic rings. The van der Waals surface area contributed by atoms with Gasteiger partial charge in [0.25, 0.3) is 0 Å². The lowest BCUT2D eigenvalue weighted by molar-refractivity contribution is 0.604. The largest absolute Gasteiger partial charge is 0.178 e.